The number of piperidine rings is 1. The van der Waals surface area contributed by atoms with Gasteiger partial charge in [0.1, 0.15) is 0 Å². The molecule has 2 heterocycles. The van der Waals surface area contributed by atoms with Gasteiger partial charge in [-0.15, -0.1) is 0 Å². The van der Waals surface area contributed by atoms with Gasteiger partial charge in [0.25, 0.3) is 0 Å². The summed E-state index contributed by atoms with van der Waals surface area (Å²) in [5.74, 6) is 3.56. The molecule has 0 aliphatic carbocycles. The zero-order chi connectivity index (χ0) is 9.97. The van der Waals surface area contributed by atoms with E-state index < -0.39 is 0 Å². The largest absolute Gasteiger partial charge is 0.381 e. The first-order chi connectivity index (χ1) is 6.79. The number of hydrogen-bond donors (Lipinski definition) is 1. The van der Waals surface area contributed by atoms with Gasteiger partial charge in [0.2, 0.25) is 0 Å². The maximum Gasteiger partial charge on any atom is 0.0468 e. The predicted octanol–water partition coefficient (Wildman–Crippen LogP) is 1.90. The zero-order valence-electron chi connectivity index (χ0n) is 9.46. The minimum Gasteiger partial charge on any atom is -0.381 e. The molecule has 0 spiro atoms. The van der Waals surface area contributed by atoms with Crippen molar-refractivity contribution in [2.45, 2.75) is 26.7 Å². The van der Waals surface area contributed by atoms with Crippen LogP contribution in [-0.4, -0.2) is 26.3 Å². The van der Waals surface area contributed by atoms with E-state index in [2.05, 4.69) is 19.2 Å². The van der Waals surface area contributed by atoms with Crippen LogP contribution in [0.1, 0.15) is 26.7 Å². The first-order valence-corrected chi connectivity index (χ1v) is 6.07. The highest BCUT2D eigenvalue weighted by Crippen LogP contribution is 2.36. The van der Waals surface area contributed by atoms with Crippen LogP contribution >= 0.6 is 0 Å². The molecule has 2 nitrogen and oxygen atoms in total. The lowest BCUT2D eigenvalue weighted by Gasteiger charge is -2.41. The summed E-state index contributed by atoms with van der Waals surface area (Å²) in [7, 11) is 0. The first kappa shape index (κ1) is 10.4. The van der Waals surface area contributed by atoms with Crippen LogP contribution in [0.3, 0.4) is 0 Å². The van der Waals surface area contributed by atoms with Crippen LogP contribution in [0.25, 0.3) is 0 Å². The molecule has 2 heteroatoms. The highest BCUT2D eigenvalue weighted by atomic mass is 16.5. The molecule has 2 atom stereocenters. The van der Waals surface area contributed by atoms with E-state index in [1.807, 2.05) is 0 Å². The zero-order valence-corrected chi connectivity index (χ0v) is 9.46. The lowest BCUT2D eigenvalue weighted by atomic mass is 9.70. The fourth-order valence-corrected chi connectivity index (χ4v) is 3.40. The standard InChI is InChI=1S/C12H23NO/c1-9-7-13-8-10(2)12(9)11-3-5-14-6-4-11/h9-13H,3-8H2,1-2H3. The fourth-order valence-electron chi connectivity index (χ4n) is 3.40. The normalized spacial score (nSPS) is 41.1. The van der Waals surface area contributed by atoms with Crippen molar-refractivity contribution in [2.75, 3.05) is 26.3 Å². The van der Waals surface area contributed by atoms with Gasteiger partial charge in [-0.05, 0) is 49.6 Å². The van der Waals surface area contributed by atoms with Crippen LogP contribution in [0.5, 0.6) is 0 Å². The number of hydrogen-bond acceptors (Lipinski definition) is 2. The summed E-state index contributed by atoms with van der Waals surface area (Å²) in [6, 6.07) is 0. The van der Waals surface area contributed by atoms with Crippen LogP contribution in [0.2, 0.25) is 0 Å². The Hall–Kier alpha value is -0.0800. The number of nitrogens with one attached hydrogen (secondary N) is 1. The van der Waals surface area contributed by atoms with Crippen molar-refractivity contribution in [1.82, 2.24) is 5.32 Å². The Morgan fingerprint density at radius 1 is 1.00 bits per heavy atom. The third kappa shape index (κ3) is 2.12. The molecule has 2 fully saturated rings. The van der Waals surface area contributed by atoms with E-state index in [1.165, 1.54) is 25.9 Å². The monoisotopic (exact) mass is 197 g/mol. The van der Waals surface area contributed by atoms with Gasteiger partial charge in [-0.2, -0.15) is 0 Å². The molecular formula is C12H23NO. The Balaban J connectivity index is 1.97. The molecule has 2 aliphatic rings. The molecular weight excluding hydrogens is 174 g/mol. The van der Waals surface area contributed by atoms with Gasteiger partial charge in [0.05, 0.1) is 0 Å². The second-order valence-corrected chi connectivity index (χ2v) is 5.14. The van der Waals surface area contributed by atoms with Gasteiger partial charge in [-0.1, -0.05) is 13.8 Å². The van der Waals surface area contributed by atoms with E-state index in [1.54, 1.807) is 0 Å². The number of ether oxygens (including phenoxy) is 1. The molecule has 0 aromatic heterocycles. The topological polar surface area (TPSA) is 21.3 Å². The van der Waals surface area contributed by atoms with E-state index in [0.29, 0.717) is 0 Å². The summed E-state index contributed by atoms with van der Waals surface area (Å²) in [6.45, 7) is 9.23. The van der Waals surface area contributed by atoms with Crippen molar-refractivity contribution in [1.29, 1.82) is 0 Å². The molecule has 82 valence electrons. The van der Waals surface area contributed by atoms with Gasteiger partial charge < -0.3 is 10.1 Å². The Bertz CT molecular complexity index is 167. The third-order valence-electron chi connectivity index (χ3n) is 4.06. The van der Waals surface area contributed by atoms with Crippen LogP contribution in [0, 0.1) is 23.7 Å². The fraction of sp³-hybridized carbons (Fsp3) is 1.00. The molecule has 0 saturated carbocycles. The Kier molecular flexibility index (Phi) is 3.45. The van der Waals surface area contributed by atoms with Crippen LogP contribution in [0.4, 0.5) is 0 Å². The minimum atomic E-state index is 0.849. The molecule has 0 aromatic carbocycles. The van der Waals surface area contributed by atoms with Crippen molar-refractivity contribution in [3.63, 3.8) is 0 Å². The smallest absolute Gasteiger partial charge is 0.0468 e. The Morgan fingerprint density at radius 2 is 1.57 bits per heavy atom. The highest BCUT2D eigenvalue weighted by Gasteiger charge is 2.34. The third-order valence-corrected chi connectivity index (χ3v) is 4.06. The molecule has 0 aromatic rings. The summed E-state index contributed by atoms with van der Waals surface area (Å²) < 4.78 is 5.45. The van der Waals surface area contributed by atoms with Crippen molar-refractivity contribution in [2.24, 2.45) is 23.7 Å². The summed E-state index contributed by atoms with van der Waals surface area (Å²) in [4.78, 5) is 0. The quantitative estimate of drug-likeness (QED) is 0.693. The summed E-state index contributed by atoms with van der Waals surface area (Å²) >= 11 is 0. The van der Waals surface area contributed by atoms with Crippen molar-refractivity contribution in [3.8, 4) is 0 Å². The lowest BCUT2D eigenvalue weighted by molar-refractivity contribution is 0.0128. The average molecular weight is 197 g/mol. The summed E-state index contributed by atoms with van der Waals surface area (Å²) in [5.41, 5.74) is 0. The number of rotatable bonds is 1. The second kappa shape index (κ2) is 4.63. The average Bonchev–Trinajstić information content (AvgIpc) is 2.19. The van der Waals surface area contributed by atoms with Crippen LogP contribution in [0.15, 0.2) is 0 Å². The van der Waals surface area contributed by atoms with Crippen molar-refractivity contribution in [3.05, 3.63) is 0 Å². The summed E-state index contributed by atoms with van der Waals surface area (Å²) in [6.07, 6.45) is 2.58. The second-order valence-electron chi connectivity index (χ2n) is 5.14. The molecule has 2 rings (SSSR count). The molecule has 1 N–H and O–H groups in total. The van der Waals surface area contributed by atoms with E-state index >= 15 is 0 Å². The molecule has 0 bridgehead atoms. The molecule has 2 aliphatic heterocycles. The van der Waals surface area contributed by atoms with Gasteiger partial charge in [0, 0.05) is 13.2 Å². The van der Waals surface area contributed by atoms with E-state index in [4.69, 9.17) is 4.74 Å². The van der Waals surface area contributed by atoms with Crippen LogP contribution in [-0.2, 0) is 4.74 Å². The molecule has 0 radical (unpaired) electrons. The molecule has 14 heavy (non-hydrogen) atoms. The maximum absolute atomic E-state index is 5.45. The van der Waals surface area contributed by atoms with Gasteiger partial charge >= 0.3 is 0 Å². The van der Waals surface area contributed by atoms with Gasteiger partial charge in [-0.25, -0.2) is 0 Å². The Labute approximate surface area is 87.4 Å². The van der Waals surface area contributed by atoms with Crippen molar-refractivity contribution < 1.29 is 4.74 Å². The van der Waals surface area contributed by atoms with E-state index in [9.17, 15) is 0 Å². The molecule has 2 saturated heterocycles. The van der Waals surface area contributed by atoms with E-state index in [0.717, 1.165) is 36.9 Å². The lowest BCUT2D eigenvalue weighted by Crippen LogP contribution is -2.45. The predicted molar refractivity (Wildman–Crippen MR) is 58.2 cm³/mol. The van der Waals surface area contributed by atoms with Crippen molar-refractivity contribution >= 4 is 0 Å². The van der Waals surface area contributed by atoms with Gasteiger partial charge in [-0.3, -0.25) is 0 Å². The Morgan fingerprint density at radius 3 is 2.14 bits per heavy atom. The minimum absolute atomic E-state index is 0.849. The maximum atomic E-state index is 5.45. The van der Waals surface area contributed by atoms with Gasteiger partial charge in [0.15, 0.2) is 0 Å². The summed E-state index contributed by atoms with van der Waals surface area (Å²) in [5, 5.41) is 3.52. The molecule has 2 unspecified atom stereocenters. The first-order valence-electron chi connectivity index (χ1n) is 6.07. The molecule has 0 amide bonds. The highest BCUT2D eigenvalue weighted by molar-refractivity contribution is 4.86. The van der Waals surface area contributed by atoms with Crippen LogP contribution < -0.4 is 5.32 Å². The SMILES string of the molecule is CC1CNCC(C)C1C1CCOCC1. The van der Waals surface area contributed by atoms with E-state index in [-0.39, 0.29) is 0 Å².